The number of halogens is 1. The van der Waals surface area contributed by atoms with E-state index in [1.807, 2.05) is 27.7 Å². The molecule has 0 saturated carbocycles. The molecule has 0 aliphatic carbocycles. The second-order valence-corrected chi connectivity index (χ2v) is 6.69. The molecule has 1 amide bonds. The highest BCUT2D eigenvalue weighted by Crippen LogP contribution is 2.30. The summed E-state index contributed by atoms with van der Waals surface area (Å²) in [4.78, 5) is 17.4. The highest BCUT2D eigenvalue weighted by molar-refractivity contribution is 9.11. The predicted molar refractivity (Wildman–Crippen MR) is 69.2 cm³/mol. The maximum Gasteiger partial charge on any atom is 0.416 e. The van der Waals surface area contributed by atoms with E-state index in [2.05, 4.69) is 20.9 Å². The molecule has 1 rings (SSSR count). The molecule has 0 unspecified atom stereocenters. The van der Waals surface area contributed by atoms with Crippen molar-refractivity contribution in [1.82, 2.24) is 4.98 Å². The molecule has 16 heavy (non-hydrogen) atoms. The molecule has 0 aliphatic heterocycles. The Morgan fingerprint density at radius 3 is 2.44 bits per heavy atom. The Hall–Kier alpha value is -0.620. The van der Waals surface area contributed by atoms with Crippen molar-refractivity contribution < 1.29 is 9.53 Å². The van der Waals surface area contributed by atoms with Gasteiger partial charge in [-0.15, -0.1) is 0 Å². The average molecular weight is 307 g/mol. The monoisotopic (exact) mass is 306 g/mol. The van der Waals surface area contributed by atoms with Crippen molar-refractivity contribution in [1.29, 1.82) is 0 Å². The second-order valence-electron chi connectivity index (χ2n) is 4.39. The van der Waals surface area contributed by atoms with Crippen LogP contribution in [-0.2, 0) is 4.74 Å². The van der Waals surface area contributed by atoms with Crippen LogP contribution < -0.4 is 4.90 Å². The molecule has 0 bridgehead atoms. The molecule has 0 saturated heterocycles. The molecule has 6 heteroatoms. The standard InChI is InChI=1S/C10H15BrN2O2S/c1-6-7(11)16-8(12-6)13(5)9(14)15-10(2,3)4/h1-5H3. The number of aromatic nitrogens is 1. The van der Waals surface area contributed by atoms with Crippen molar-refractivity contribution in [3.63, 3.8) is 0 Å². The number of thiazole rings is 1. The zero-order valence-corrected chi connectivity index (χ0v) is 12.4. The lowest BCUT2D eigenvalue weighted by Crippen LogP contribution is -2.34. The molecular weight excluding hydrogens is 292 g/mol. The Labute approximate surface area is 108 Å². The fourth-order valence-corrected chi connectivity index (χ4v) is 2.19. The number of aryl methyl sites for hydroxylation is 1. The second kappa shape index (κ2) is 4.71. The van der Waals surface area contributed by atoms with Gasteiger partial charge in [-0.2, -0.15) is 0 Å². The molecule has 0 radical (unpaired) electrons. The molecule has 0 N–H and O–H groups in total. The Morgan fingerprint density at radius 1 is 1.50 bits per heavy atom. The number of amides is 1. The lowest BCUT2D eigenvalue weighted by Gasteiger charge is -2.23. The van der Waals surface area contributed by atoms with Crippen LogP contribution in [0.1, 0.15) is 26.5 Å². The number of hydrogen-bond acceptors (Lipinski definition) is 4. The lowest BCUT2D eigenvalue weighted by molar-refractivity contribution is 0.0589. The summed E-state index contributed by atoms with van der Waals surface area (Å²) in [5.74, 6) is 0. The molecule has 0 fully saturated rings. The van der Waals surface area contributed by atoms with E-state index >= 15 is 0 Å². The van der Waals surface area contributed by atoms with Crippen LogP contribution in [0.15, 0.2) is 3.79 Å². The third-order valence-electron chi connectivity index (χ3n) is 1.68. The van der Waals surface area contributed by atoms with Gasteiger partial charge in [-0.05, 0) is 43.6 Å². The molecule has 1 heterocycles. The smallest absolute Gasteiger partial charge is 0.416 e. The van der Waals surface area contributed by atoms with E-state index in [1.165, 1.54) is 16.2 Å². The van der Waals surface area contributed by atoms with Crippen molar-refractivity contribution >= 4 is 38.5 Å². The largest absolute Gasteiger partial charge is 0.443 e. The van der Waals surface area contributed by atoms with Gasteiger partial charge < -0.3 is 4.74 Å². The van der Waals surface area contributed by atoms with E-state index in [9.17, 15) is 4.79 Å². The summed E-state index contributed by atoms with van der Waals surface area (Å²) in [6.45, 7) is 7.39. The topological polar surface area (TPSA) is 42.4 Å². The van der Waals surface area contributed by atoms with Crippen LogP contribution in [0, 0.1) is 6.92 Å². The van der Waals surface area contributed by atoms with Gasteiger partial charge in [-0.25, -0.2) is 9.78 Å². The van der Waals surface area contributed by atoms with Gasteiger partial charge in [0.15, 0.2) is 5.13 Å². The van der Waals surface area contributed by atoms with Crippen molar-refractivity contribution in [2.24, 2.45) is 0 Å². The fraction of sp³-hybridized carbons (Fsp3) is 0.600. The van der Waals surface area contributed by atoms with E-state index in [1.54, 1.807) is 7.05 Å². The van der Waals surface area contributed by atoms with Crippen molar-refractivity contribution in [3.8, 4) is 0 Å². The SMILES string of the molecule is Cc1nc(N(C)C(=O)OC(C)(C)C)sc1Br. The van der Waals surface area contributed by atoms with Gasteiger partial charge in [0.2, 0.25) is 0 Å². The van der Waals surface area contributed by atoms with Crippen molar-refractivity contribution in [2.75, 3.05) is 11.9 Å². The zero-order valence-electron chi connectivity index (χ0n) is 10.00. The van der Waals surface area contributed by atoms with Gasteiger partial charge in [0.25, 0.3) is 0 Å². The van der Waals surface area contributed by atoms with Gasteiger partial charge in [-0.1, -0.05) is 11.3 Å². The van der Waals surface area contributed by atoms with Crippen molar-refractivity contribution in [2.45, 2.75) is 33.3 Å². The first kappa shape index (κ1) is 13.4. The van der Waals surface area contributed by atoms with E-state index in [0.29, 0.717) is 5.13 Å². The summed E-state index contributed by atoms with van der Waals surface area (Å²) in [7, 11) is 1.65. The molecule has 0 spiro atoms. The van der Waals surface area contributed by atoms with Crippen LogP contribution >= 0.6 is 27.3 Å². The minimum absolute atomic E-state index is 0.395. The summed E-state index contributed by atoms with van der Waals surface area (Å²) < 4.78 is 6.17. The first-order valence-corrected chi connectivity index (χ1v) is 6.41. The molecule has 1 aromatic heterocycles. The van der Waals surface area contributed by atoms with Crippen LogP contribution in [0.5, 0.6) is 0 Å². The van der Waals surface area contributed by atoms with E-state index in [0.717, 1.165) is 9.48 Å². The summed E-state index contributed by atoms with van der Waals surface area (Å²) >= 11 is 4.78. The summed E-state index contributed by atoms with van der Waals surface area (Å²) in [6, 6.07) is 0. The van der Waals surface area contributed by atoms with Crippen LogP contribution in [0.3, 0.4) is 0 Å². The number of carbonyl (C=O) groups excluding carboxylic acids is 1. The Kier molecular flexibility index (Phi) is 3.96. The van der Waals surface area contributed by atoms with Crippen LogP contribution in [0.4, 0.5) is 9.93 Å². The lowest BCUT2D eigenvalue weighted by atomic mass is 10.2. The fourth-order valence-electron chi connectivity index (χ4n) is 0.916. The number of ether oxygens (including phenoxy) is 1. The first-order chi connectivity index (χ1) is 7.20. The quantitative estimate of drug-likeness (QED) is 0.796. The molecule has 0 aliphatic rings. The molecule has 0 atom stereocenters. The highest BCUT2D eigenvalue weighted by Gasteiger charge is 2.22. The van der Waals surface area contributed by atoms with Gasteiger partial charge in [0, 0.05) is 7.05 Å². The predicted octanol–water partition coefficient (Wildman–Crippen LogP) is 3.59. The maximum atomic E-state index is 11.7. The third kappa shape index (κ3) is 3.45. The molecule has 4 nitrogen and oxygen atoms in total. The van der Waals surface area contributed by atoms with Crippen LogP contribution in [0.25, 0.3) is 0 Å². The Morgan fingerprint density at radius 2 is 2.06 bits per heavy atom. The van der Waals surface area contributed by atoms with Crippen LogP contribution in [-0.4, -0.2) is 23.7 Å². The van der Waals surface area contributed by atoms with Gasteiger partial charge in [0.05, 0.1) is 9.48 Å². The summed E-state index contributed by atoms with van der Waals surface area (Å²) in [5.41, 5.74) is 0.380. The van der Waals surface area contributed by atoms with E-state index < -0.39 is 11.7 Å². The van der Waals surface area contributed by atoms with Gasteiger partial charge >= 0.3 is 6.09 Å². The summed E-state index contributed by atoms with van der Waals surface area (Å²) in [5, 5.41) is 0.624. The molecular formula is C10H15BrN2O2S. The van der Waals surface area contributed by atoms with Crippen molar-refractivity contribution in [3.05, 3.63) is 9.48 Å². The minimum atomic E-state index is -0.491. The average Bonchev–Trinajstić information content (AvgIpc) is 2.43. The number of carbonyl (C=O) groups is 1. The number of hydrogen-bond donors (Lipinski definition) is 0. The number of rotatable bonds is 1. The Balaban J connectivity index is 2.78. The highest BCUT2D eigenvalue weighted by atomic mass is 79.9. The minimum Gasteiger partial charge on any atom is -0.443 e. The molecule has 90 valence electrons. The first-order valence-electron chi connectivity index (χ1n) is 4.80. The molecule has 1 aromatic rings. The number of anilines is 1. The van der Waals surface area contributed by atoms with E-state index in [4.69, 9.17) is 4.74 Å². The van der Waals surface area contributed by atoms with Crippen LogP contribution in [0.2, 0.25) is 0 Å². The summed E-state index contributed by atoms with van der Waals surface area (Å²) in [6.07, 6.45) is -0.395. The Bertz CT molecular complexity index is 379. The third-order valence-corrected chi connectivity index (χ3v) is 3.76. The number of nitrogens with zero attached hydrogens (tertiary/aromatic N) is 2. The maximum absolute atomic E-state index is 11.7. The normalized spacial score (nSPS) is 11.4. The van der Waals surface area contributed by atoms with E-state index in [-0.39, 0.29) is 0 Å². The molecule has 0 aromatic carbocycles. The van der Waals surface area contributed by atoms with Gasteiger partial charge in [0.1, 0.15) is 5.60 Å². The van der Waals surface area contributed by atoms with Gasteiger partial charge in [-0.3, -0.25) is 4.90 Å². The zero-order chi connectivity index (χ0) is 12.5.